The highest BCUT2D eigenvalue weighted by Crippen LogP contribution is 2.36. The SMILES string of the molecule is CN=C(N)C(C#N)=C(N)N1CCC(c2nc(-c3ccc(F)c(C(F)(F)F)c3)cn2CC2CCCN2)CC1. The van der Waals surface area contributed by atoms with Crippen LogP contribution >= 0.6 is 0 Å². The number of nitrogens with two attached hydrogens (primary N) is 2. The Labute approximate surface area is 212 Å². The first-order chi connectivity index (χ1) is 17.6. The molecule has 1 atom stereocenters. The van der Waals surface area contributed by atoms with Gasteiger partial charge in [0.2, 0.25) is 0 Å². The number of nitrogens with one attached hydrogen (secondary N) is 1. The number of aliphatic imine (C=N–C) groups is 1. The average molecular weight is 519 g/mol. The molecule has 37 heavy (non-hydrogen) atoms. The first-order valence-corrected chi connectivity index (χ1v) is 12.2. The second-order valence-electron chi connectivity index (χ2n) is 9.36. The molecule has 3 heterocycles. The number of likely N-dealkylation sites (tertiary alicyclic amines) is 1. The molecule has 1 aromatic heterocycles. The number of amidine groups is 1. The summed E-state index contributed by atoms with van der Waals surface area (Å²) in [5, 5.41) is 12.9. The number of nitrogens with zero attached hydrogens (tertiary/aromatic N) is 5. The fraction of sp³-hybridized carbons (Fsp3) is 0.480. The minimum atomic E-state index is -4.80. The Hall–Kier alpha value is -3.59. The van der Waals surface area contributed by atoms with Crippen LogP contribution in [0.3, 0.4) is 0 Å². The lowest BCUT2D eigenvalue weighted by Gasteiger charge is -2.34. The van der Waals surface area contributed by atoms with E-state index in [1.807, 2.05) is 15.5 Å². The van der Waals surface area contributed by atoms with Gasteiger partial charge in [0.15, 0.2) is 0 Å². The quantitative estimate of drug-likeness (QED) is 0.234. The maximum absolute atomic E-state index is 13.9. The van der Waals surface area contributed by atoms with E-state index in [2.05, 4.69) is 10.3 Å². The number of imidazole rings is 1. The van der Waals surface area contributed by atoms with Crippen LogP contribution in [0.1, 0.15) is 43.0 Å². The second-order valence-corrected chi connectivity index (χ2v) is 9.36. The number of halogens is 4. The van der Waals surface area contributed by atoms with Crippen LogP contribution in [0.5, 0.6) is 0 Å². The van der Waals surface area contributed by atoms with Gasteiger partial charge < -0.3 is 26.3 Å². The van der Waals surface area contributed by atoms with Crippen LogP contribution in [0.2, 0.25) is 0 Å². The third kappa shape index (κ3) is 5.72. The molecule has 2 aliphatic heterocycles. The number of hydrogen-bond donors (Lipinski definition) is 3. The van der Waals surface area contributed by atoms with E-state index in [0.29, 0.717) is 38.2 Å². The second kappa shape index (κ2) is 10.8. The maximum Gasteiger partial charge on any atom is 0.419 e. The molecule has 8 nitrogen and oxygen atoms in total. The normalized spacial score (nSPS) is 20.2. The molecule has 198 valence electrons. The summed E-state index contributed by atoms with van der Waals surface area (Å²) in [5.41, 5.74) is 11.4. The van der Waals surface area contributed by atoms with Gasteiger partial charge in [-0.15, -0.1) is 0 Å². The third-order valence-electron chi connectivity index (χ3n) is 7.02. The van der Waals surface area contributed by atoms with Crippen molar-refractivity contribution in [3.8, 4) is 17.3 Å². The van der Waals surface area contributed by atoms with Gasteiger partial charge in [0.1, 0.15) is 34.9 Å². The molecule has 2 saturated heterocycles. The zero-order valence-electron chi connectivity index (χ0n) is 20.5. The molecular formula is C25H30F4N8. The first-order valence-electron chi connectivity index (χ1n) is 12.2. The van der Waals surface area contributed by atoms with Crippen molar-refractivity contribution in [3.05, 3.63) is 53.0 Å². The number of nitriles is 1. The zero-order chi connectivity index (χ0) is 26.7. The van der Waals surface area contributed by atoms with Gasteiger partial charge in [-0.3, -0.25) is 4.99 Å². The summed E-state index contributed by atoms with van der Waals surface area (Å²) in [7, 11) is 1.49. The summed E-state index contributed by atoms with van der Waals surface area (Å²) in [6.45, 7) is 2.67. The molecule has 0 amide bonds. The van der Waals surface area contributed by atoms with Crippen molar-refractivity contribution in [3.63, 3.8) is 0 Å². The Balaban J connectivity index is 1.62. The Morgan fingerprint density at radius 2 is 1.97 bits per heavy atom. The van der Waals surface area contributed by atoms with E-state index >= 15 is 0 Å². The molecule has 0 saturated carbocycles. The Morgan fingerprint density at radius 3 is 2.57 bits per heavy atom. The molecule has 0 bridgehead atoms. The molecule has 12 heteroatoms. The van der Waals surface area contributed by atoms with E-state index in [4.69, 9.17) is 16.5 Å². The van der Waals surface area contributed by atoms with Gasteiger partial charge in [-0.25, -0.2) is 9.37 Å². The molecule has 2 fully saturated rings. The van der Waals surface area contributed by atoms with Gasteiger partial charge in [0.05, 0.1) is 11.3 Å². The van der Waals surface area contributed by atoms with Crippen molar-refractivity contribution in [2.24, 2.45) is 16.5 Å². The molecule has 5 N–H and O–H groups in total. The van der Waals surface area contributed by atoms with E-state index in [1.165, 1.54) is 13.1 Å². The predicted octanol–water partition coefficient (Wildman–Crippen LogP) is 3.32. The van der Waals surface area contributed by atoms with Crippen molar-refractivity contribution >= 4 is 5.84 Å². The molecule has 2 aromatic rings. The molecular weight excluding hydrogens is 488 g/mol. The number of piperidine rings is 1. The highest BCUT2D eigenvalue weighted by molar-refractivity contribution is 6.00. The highest BCUT2D eigenvalue weighted by Gasteiger charge is 2.35. The lowest BCUT2D eigenvalue weighted by molar-refractivity contribution is -0.139. The van der Waals surface area contributed by atoms with Crippen LogP contribution in [0, 0.1) is 17.1 Å². The van der Waals surface area contributed by atoms with Crippen LogP contribution in [0.4, 0.5) is 17.6 Å². The molecule has 0 aliphatic carbocycles. The summed E-state index contributed by atoms with van der Waals surface area (Å²) in [5.74, 6) is -0.156. The largest absolute Gasteiger partial charge is 0.419 e. The summed E-state index contributed by atoms with van der Waals surface area (Å²) in [6.07, 6.45) is 0.370. The molecule has 0 radical (unpaired) electrons. The minimum Gasteiger partial charge on any atom is -0.384 e. The van der Waals surface area contributed by atoms with E-state index in [-0.39, 0.29) is 34.8 Å². The van der Waals surface area contributed by atoms with Crippen molar-refractivity contribution in [1.29, 1.82) is 5.26 Å². The lowest BCUT2D eigenvalue weighted by Crippen LogP contribution is -2.38. The fourth-order valence-electron chi connectivity index (χ4n) is 4.99. The van der Waals surface area contributed by atoms with Gasteiger partial charge in [-0.05, 0) is 50.4 Å². The van der Waals surface area contributed by atoms with Crippen LogP contribution in [-0.4, -0.2) is 53.0 Å². The lowest BCUT2D eigenvalue weighted by atomic mass is 9.95. The molecule has 2 aliphatic rings. The van der Waals surface area contributed by atoms with E-state index in [0.717, 1.165) is 37.3 Å². The van der Waals surface area contributed by atoms with Crippen LogP contribution < -0.4 is 16.8 Å². The standard InChI is InChI=1S/C25H30F4N8/c1-33-22(31)18(12-30)23(32)36-9-6-15(7-10-36)24-35-21(14-37(24)13-17-3-2-8-34-17)16-4-5-20(26)19(11-16)25(27,28)29/h4-5,11,14-15,17,34H,2-3,6-10,13,32H2,1H3,(H2,31,33). The first kappa shape index (κ1) is 26.5. The molecule has 0 spiro atoms. The van der Waals surface area contributed by atoms with Crippen molar-refractivity contribution in [2.45, 2.75) is 50.4 Å². The minimum absolute atomic E-state index is 0.0319. The molecule has 1 aromatic carbocycles. The van der Waals surface area contributed by atoms with Gasteiger partial charge in [0.25, 0.3) is 0 Å². The number of benzene rings is 1. The number of rotatable bonds is 6. The monoisotopic (exact) mass is 518 g/mol. The third-order valence-corrected chi connectivity index (χ3v) is 7.02. The smallest absolute Gasteiger partial charge is 0.384 e. The predicted molar refractivity (Wildman–Crippen MR) is 132 cm³/mol. The summed E-state index contributed by atoms with van der Waals surface area (Å²) in [4.78, 5) is 10.5. The van der Waals surface area contributed by atoms with Gasteiger partial charge >= 0.3 is 6.18 Å². The summed E-state index contributed by atoms with van der Waals surface area (Å²) >= 11 is 0. The summed E-state index contributed by atoms with van der Waals surface area (Å²) in [6, 6.07) is 5.23. The highest BCUT2D eigenvalue weighted by atomic mass is 19.4. The Kier molecular flexibility index (Phi) is 7.73. The molecule has 1 unspecified atom stereocenters. The van der Waals surface area contributed by atoms with E-state index in [9.17, 15) is 22.8 Å². The maximum atomic E-state index is 13.9. The van der Waals surface area contributed by atoms with Gasteiger partial charge in [-0.1, -0.05) is 0 Å². The topological polar surface area (TPSA) is 121 Å². The Morgan fingerprint density at radius 1 is 1.24 bits per heavy atom. The van der Waals surface area contributed by atoms with Gasteiger partial charge in [-0.2, -0.15) is 18.4 Å². The van der Waals surface area contributed by atoms with Crippen molar-refractivity contribution < 1.29 is 17.6 Å². The number of alkyl halides is 3. The van der Waals surface area contributed by atoms with E-state index < -0.39 is 17.6 Å². The zero-order valence-corrected chi connectivity index (χ0v) is 20.5. The average Bonchev–Trinajstić information content (AvgIpc) is 3.54. The van der Waals surface area contributed by atoms with Crippen LogP contribution in [0.25, 0.3) is 11.3 Å². The van der Waals surface area contributed by atoms with Crippen molar-refractivity contribution in [2.75, 3.05) is 26.7 Å². The van der Waals surface area contributed by atoms with Crippen LogP contribution in [-0.2, 0) is 12.7 Å². The number of aromatic nitrogens is 2. The summed E-state index contributed by atoms with van der Waals surface area (Å²) < 4.78 is 55.8. The van der Waals surface area contributed by atoms with E-state index in [1.54, 1.807) is 6.20 Å². The molecule has 4 rings (SSSR count). The fourth-order valence-corrected chi connectivity index (χ4v) is 4.99. The van der Waals surface area contributed by atoms with Gasteiger partial charge in [0, 0.05) is 50.4 Å². The van der Waals surface area contributed by atoms with Crippen molar-refractivity contribution in [1.82, 2.24) is 19.8 Å². The Bertz CT molecular complexity index is 1230. The number of hydrogen-bond acceptors (Lipinski definition) is 6. The van der Waals surface area contributed by atoms with Crippen LogP contribution in [0.15, 0.2) is 40.8 Å².